The van der Waals surface area contributed by atoms with Crippen LogP contribution in [0.4, 0.5) is 0 Å². The molecule has 0 rings (SSSR count). The van der Waals surface area contributed by atoms with Gasteiger partial charge in [-0.1, -0.05) is 26.5 Å². The lowest BCUT2D eigenvalue weighted by Crippen LogP contribution is -1.95. The smallest absolute Gasteiger partial charge is 0.155 e. The van der Waals surface area contributed by atoms with E-state index in [1.165, 1.54) is 6.08 Å². The predicted molar refractivity (Wildman–Crippen MR) is 48.5 cm³/mol. The van der Waals surface area contributed by atoms with Crippen molar-refractivity contribution in [2.45, 2.75) is 13.8 Å². The van der Waals surface area contributed by atoms with E-state index in [-0.39, 0.29) is 6.61 Å². The van der Waals surface area contributed by atoms with Crippen LogP contribution in [0.5, 0.6) is 0 Å². The quantitative estimate of drug-likeness (QED) is 0.278. The maximum Gasteiger partial charge on any atom is 0.155 e. The van der Waals surface area contributed by atoms with E-state index >= 15 is 0 Å². The van der Waals surface area contributed by atoms with Crippen LogP contribution in [0.25, 0.3) is 0 Å². The summed E-state index contributed by atoms with van der Waals surface area (Å²) in [6.45, 7) is 7.79. The van der Waals surface area contributed by atoms with E-state index in [0.717, 1.165) is 0 Å². The lowest BCUT2D eigenvalue weighted by Gasteiger charge is -1.95. The van der Waals surface area contributed by atoms with E-state index in [0.29, 0.717) is 12.5 Å². The first-order valence-electron chi connectivity index (χ1n) is 3.69. The van der Waals surface area contributed by atoms with Gasteiger partial charge in [0.05, 0.1) is 0 Å². The molecule has 0 atom stereocenters. The zero-order valence-corrected chi connectivity index (χ0v) is 7.80. The average Bonchev–Trinajstić information content (AvgIpc) is 2.12. The molecule has 6 heteroatoms. The first-order chi connectivity index (χ1) is 6.18. The Morgan fingerprint density at radius 2 is 1.85 bits per heavy atom. The molecule has 6 nitrogen and oxygen atoms in total. The molecule has 0 saturated carbocycles. The SMILES string of the molecule is C=CCON=O.CC(C)CON=O. The van der Waals surface area contributed by atoms with Crippen molar-refractivity contribution in [3.63, 3.8) is 0 Å². The van der Waals surface area contributed by atoms with Crippen molar-refractivity contribution in [1.82, 2.24) is 0 Å². The zero-order chi connectivity index (χ0) is 10.5. The Bertz CT molecular complexity index is 130. The largest absolute Gasteiger partial charge is 0.364 e. The standard InChI is InChI=1S/C4H9NO2.C3H5NO2/c1-4(2)3-7-5-6;1-2-3-6-4-5/h4H,3H2,1-2H3;2H,1,3H2. The summed E-state index contributed by atoms with van der Waals surface area (Å²) in [6, 6.07) is 0. The van der Waals surface area contributed by atoms with Crippen LogP contribution in [-0.2, 0) is 9.68 Å². The van der Waals surface area contributed by atoms with Gasteiger partial charge in [0.15, 0.2) is 10.7 Å². The monoisotopic (exact) mass is 190 g/mol. The fourth-order valence-electron chi connectivity index (χ4n) is 0.263. The minimum atomic E-state index is 0.198. The molecule has 0 radical (unpaired) electrons. The third-order valence-corrected chi connectivity index (χ3v) is 0.706. The van der Waals surface area contributed by atoms with Crippen molar-refractivity contribution >= 4 is 0 Å². The van der Waals surface area contributed by atoms with Crippen LogP contribution in [0.15, 0.2) is 23.3 Å². The molecule has 0 heterocycles. The van der Waals surface area contributed by atoms with Gasteiger partial charge >= 0.3 is 0 Å². The molecule has 0 aliphatic rings. The fourth-order valence-corrected chi connectivity index (χ4v) is 0.263. The number of rotatable bonds is 6. The van der Waals surface area contributed by atoms with Crippen LogP contribution in [0, 0.1) is 15.7 Å². The summed E-state index contributed by atoms with van der Waals surface area (Å²) >= 11 is 0. The molecular weight excluding hydrogens is 176 g/mol. The number of hydrogen-bond donors (Lipinski definition) is 0. The first kappa shape index (κ1) is 14.1. The third-order valence-electron chi connectivity index (χ3n) is 0.706. The minimum Gasteiger partial charge on any atom is -0.364 e. The normalized spacial score (nSPS) is 7.92. The van der Waals surface area contributed by atoms with Crippen LogP contribution >= 0.6 is 0 Å². The summed E-state index contributed by atoms with van der Waals surface area (Å²) in [5.74, 6) is 0.387. The van der Waals surface area contributed by atoms with Gasteiger partial charge in [-0.3, -0.25) is 0 Å². The summed E-state index contributed by atoms with van der Waals surface area (Å²) < 4.78 is 0. The molecule has 76 valence electrons. The van der Waals surface area contributed by atoms with Crippen molar-refractivity contribution in [3.8, 4) is 0 Å². The molecule has 0 unspecified atom stereocenters. The minimum absolute atomic E-state index is 0.198. The second kappa shape index (κ2) is 13.2. The Kier molecular flexibility index (Phi) is 14.3. The third kappa shape index (κ3) is 25.0. The molecule has 0 fully saturated rings. The van der Waals surface area contributed by atoms with E-state index in [9.17, 15) is 4.91 Å². The van der Waals surface area contributed by atoms with E-state index in [1.807, 2.05) is 13.8 Å². The molecule has 0 aromatic carbocycles. The van der Waals surface area contributed by atoms with Crippen LogP contribution in [0.3, 0.4) is 0 Å². The zero-order valence-electron chi connectivity index (χ0n) is 7.80. The molecule has 0 amide bonds. The second-order valence-corrected chi connectivity index (χ2v) is 2.42. The van der Waals surface area contributed by atoms with Crippen LogP contribution in [-0.4, -0.2) is 13.2 Å². The van der Waals surface area contributed by atoms with E-state index in [1.54, 1.807) is 0 Å². The van der Waals surface area contributed by atoms with Crippen molar-refractivity contribution in [1.29, 1.82) is 0 Å². The molecule has 13 heavy (non-hydrogen) atoms. The van der Waals surface area contributed by atoms with E-state index in [2.05, 4.69) is 26.9 Å². The van der Waals surface area contributed by atoms with Crippen molar-refractivity contribution in [3.05, 3.63) is 22.5 Å². The van der Waals surface area contributed by atoms with Crippen molar-refractivity contribution < 1.29 is 9.68 Å². The van der Waals surface area contributed by atoms with Gasteiger partial charge in [0, 0.05) is 0 Å². The molecular formula is C7H14N2O4. The first-order valence-corrected chi connectivity index (χ1v) is 3.69. The van der Waals surface area contributed by atoms with Gasteiger partial charge in [-0.25, -0.2) is 0 Å². The predicted octanol–water partition coefficient (Wildman–Crippen LogP) is 2.21. The van der Waals surface area contributed by atoms with Gasteiger partial charge in [0.1, 0.15) is 13.2 Å². The summed E-state index contributed by atoms with van der Waals surface area (Å²) in [4.78, 5) is 26.4. The molecule has 0 saturated heterocycles. The fraction of sp³-hybridized carbons (Fsp3) is 0.714. The van der Waals surface area contributed by atoms with Gasteiger partial charge in [-0.2, -0.15) is 0 Å². The highest BCUT2D eigenvalue weighted by Gasteiger charge is 1.90. The lowest BCUT2D eigenvalue weighted by atomic mass is 10.2. The lowest BCUT2D eigenvalue weighted by molar-refractivity contribution is 0.114. The van der Waals surface area contributed by atoms with Gasteiger partial charge in [0.25, 0.3) is 0 Å². The molecule has 0 spiro atoms. The highest BCUT2D eigenvalue weighted by molar-refractivity contribution is 4.62. The highest BCUT2D eigenvalue weighted by atomic mass is 16.7. The molecule has 0 aromatic rings. The molecule has 0 bridgehead atoms. The molecule has 0 aliphatic carbocycles. The van der Waals surface area contributed by atoms with Gasteiger partial charge in [0.2, 0.25) is 0 Å². The maximum atomic E-state index is 9.24. The van der Waals surface area contributed by atoms with E-state index < -0.39 is 0 Å². The molecule has 0 N–H and O–H groups in total. The molecule has 0 aliphatic heterocycles. The summed E-state index contributed by atoms with van der Waals surface area (Å²) in [5, 5.41) is 4.33. The van der Waals surface area contributed by atoms with Gasteiger partial charge < -0.3 is 9.68 Å². The van der Waals surface area contributed by atoms with Crippen LogP contribution < -0.4 is 0 Å². The van der Waals surface area contributed by atoms with Crippen molar-refractivity contribution in [2.75, 3.05) is 13.2 Å². The van der Waals surface area contributed by atoms with Crippen LogP contribution in [0.1, 0.15) is 13.8 Å². The maximum absolute atomic E-state index is 9.24. The highest BCUT2D eigenvalue weighted by Crippen LogP contribution is 1.90. The average molecular weight is 190 g/mol. The van der Waals surface area contributed by atoms with E-state index in [4.69, 9.17) is 4.91 Å². The van der Waals surface area contributed by atoms with Crippen LogP contribution in [0.2, 0.25) is 0 Å². The number of hydrogen-bond acceptors (Lipinski definition) is 6. The Morgan fingerprint density at radius 3 is 2.00 bits per heavy atom. The summed E-state index contributed by atoms with van der Waals surface area (Å²) in [6.07, 6.45) is 1.45. The molecule has 0 aromatic heterocycles. The Labute approximate surface area is 76.8 Å². The summed E-state index contributed by atoms with van der Waals surface area (Å²) in [7, 11) is 0. The van der Waals surface area contributed by atoms with Gasteiger partial charge in [-0.15, -0.1) is 9.81 Å². The Hall–Kier alpha value is -1.46. The van der Waals surface area contributed by atoms with Crippen molar-refractivity contribution in [2.24, 2.45) is 16.6 Å². The summed E-state index contributed by atoms with van der Waals surface area (Å²) in [5.41, 5.74) is 0. The Balaban J connectivity index is 0. The van der Waals surface area contributed by atoms with Gasteiger partial charge in [-0.05, 0) is 5.92 Å². The number of nitrogens with zero attached hydrogens (tertiary/aromatic N) is 2. The Morgan fingerprint density at radius 1 is 1.31 bits per heavy atom. The topological polar surface area (TPSA) is 77.3 Å². The second-order valence-electron chi connectivity index (χ2n) is 2.42.